The van der Waals surface area contributed by atoms with Crippen molar-refractivity contribution >= 4 is 17.5 Å². The van der Waals surface area contributed by atoms with Gasteiger partial charge in [0.25, 0.3) is 0 Å². The summed E-state index contributed by atoms with van der Waals surface area (Å²) in [6, 6.07) is 0. The average molecular weight is 445 g/mol. The number of esters is 1. The summed E-state index contributed by atoms with van der Waals surface area (Å²) < 4.78 is 5.44. The summed E-state index contributed by atoms with van der Waals surface area (Å²) >= 11 is 0. The molecule has 0 saturated heterocycles. The minimum Gasteiger partial charge on any atom is -0.462 e. The van der Waals surface area contributed by atoms with Gasteiger partial charge in [-0.25, -0.2) is 0 Å². The van der Waals surface area contributed by atoms with Crippen LogP contribution >= 0.6 is 0 Å². The van der Waals surface area contributed by atoms with E-state index in [0.717, 1.165) is 38.5 Å². The number of carbonyl (C=O) groups is 3. The molecule has 0 radical (unpaired) electrons. The molecule has 5 heteroatoms. The molecule has 1 N–H and O–H groups in total. The zero-order valence-corrected chi connectivity index (χ0v) is 20.2. The molecule has 32 heavy (non-hydrogen) atoms. The Morgan fingerprint density at radius 3 is 2.38 bits per heavy atom. The summed E-state index contributed by atoms with van der Waals surface area (Å²) in [5.74, 6) is 1.33. The van der Waals surface area contributed by atoms with Crippen molar-refractivity contribution in [3.63, 3.8) is 0 Å². The van der Waals surface area contributed by atoms with Gasteiger partial charge in [-0.3, -0.25) is 14.4 Å². The molecule has 0 amide bonds. The van der Waals surface area contributed by atoms with Crippen LogP contribution in [0.3, 0.4) is 0 Å². The van der Waals surface area contributed by atoms with Gasteiger partial charge in [0.15, 0.2) is 5.78 Å². The summed E-state index contributed by atoms with van der Waals surface area (Å²) in [5.41, 5.74) is -2.15. The van der Waals surface area contributed by atoms with Crippen molar-refractivity contribution in [2.45, 2.75) is 110 Å². The molecule has 5 aliphatic rings. The lowest BCUT2D eigenvalue weighted by molar-refractivity contribution is -0.219. The molecule has 9 atom stereocenters. The van der Waals surface area contributed by atoms with Crippen LogP contribution < -0.4 is 0 Å². The van der Waals surface area contributed by atoms with E-state index in [1.54, 1.807) is 0 Å². The predicted molar refractivity (Wildman–Crippen MR) is 120 cm³/mol. The molecule has 5 nitrogen and oxygen atoms in total. The molecule has 0 aliphatic heterocycles. The predicted octanol–water partition coefficient (Wildman–Crippen LogP) is 4.63. The Labute approximate surface area is 192 Å². The number of hydrogen-bond acceptors (Lipinski definition) is 5. The number of carbonyl (C=O) groups excluding carboxylic acids is 3. The Hall–Kier alpha value is -1.23. The Morgan fingerprint density at radius 2 is 1.69 bits per heavy atom. The van der Waals surface area contributed by atoms with Crippen LogP contribution in [0.1, 0.15) is 98.3 Å². The first-order valence-corrected chi connectivity index (χ1v) is 12.9. The van der Waals surface area contributed by atoms with Crippen molar-refractivity contribution in [1.82, 2.24) is 0 Å². The highest BCUT2D eigenvalue weighted by molar-refractivity contribution is 5.90. The van der Waals surface area contributed by atoms with Crippen LogP contribution in [0.4, 0.5) is 0 Å². The summed E-state index contributed by atoms with van der Waals surface area (Å²) in [6.45, 7) is 7.70. The van der Waals surface area contributed by atoms with Crippen molar-refractivity contribution in [2.24, 2.45) is 39.9 Å². The standard InChI is InChI=1S/C27H40O5/c1-16(28)26-10-6-5-7-18(26)13-22-20-14-23(30)27(31)15-19(32-17(2)29)8-11-25(27,4)21(20)9-12-24(22,26)3/h18-22,31H,5-15H2,1-4H3/t18-,19-,20+,21+,22-,24-,25+,26+,27-/m0/s1. The molecule has 5 aliphatic carbocycles. The molecule has 0 bridgehead atoms. The van der Waals surface area contributed by atoms with E-state index in [0.29, 0.717) is 36.9 Å². The van der Waals surface area contributed by atoms with Gasteiger partial charge in [0, 0.05) is 30.6 Å². The van der Waals surface area contributed by atoms with E-state index in [2.05, 4.69) is 13.8 Å². The monoisotopic (exact) mass is 444 g/mol. The smallest absolute Gasteiger partial charge is 0.302 e. The van der Waals surface area contributed by atoms with Crippen molar-refractivity contribution in [2.75, 3.05) is 0 Å². The molecule has 178 valence electrons. The van der Waals surface area contributed by atoms with E-state index in [-0.39, 0.29) is 46.9 Å². The lowest BCUT2D eigenvalue weighted by Gasteiger charge is -2.64. The summed E-state index contributed by atoms with van der Waals surface area (Å²) in [5, 5.41) is 11.8. The number of ether oxygens (including phenoxy) is 1. The fourth-order valence-electron chi connectivity index (χ4n) is 10.1. The molecule has 0 aromatic carbocycles. The second kappa shape index (κ2) is 7.13. The van der Waals surface area contributed by atoms with Crippen molar-refractivity contribution in [1.29, 1.82) is 0 Å². The van der Waals surface area contributed by atoms with Gasteiger partial charge in [0.1, 0.15) is 17.5 Å². The fraction of sp³-hybridized carbons (Fsp3) is 0.889. The lowest BCUT2D eigenvalue weighted by atomic mass is 9.41. The maximum Gasteiger partial charge on any atom is 0.302 e. The maximum absolute atomic E-state index is 13.6. The Kier molecular flexibility index (Phi) is 5.03. The van der Waals surface area contributed by atoms with Crippen molar-refractivity contribution in [3.05, 3.63) is 0 Å². The summed E-state index contributed by atoms with van der Waals surface area (Å²) in [7, 11) is 0. The molecule has 5 saturated carbocycles. The first-order chi connectivity index (χ1) is 15.0. The van der Waals surface area contributed by atoms with Crippen molar-refractivity contribution < 1.29 is 24.2 Å². The van der Waals surface area contributed by atoms with Crippen LogP contribution in [0.15, 0.2) is 0 Å². The SMILES string of the molecule is CC(=O)O[C@H]1CC[C@]2(C)[C@@H]3CC[C@@]4(C)[C@@H](C[C@@H]5CCCC[C@@]54C(C)=O)[C@@H]3CC(=O)[C@@]2(O)C1. The Bertz CT molecular complexity index is 851. The number of Topliss-reactive ketones (excluding diaryl/α,β-unsaturated/α-hetero) is 2. The average Bonchev–Trinajstić information content (AvgIpc) is 3.00. The van der Waals surface area contributed by atoms with Crippen LogP contribution in [0.25, 0.3) is 0 Å². The van der Waals surface area contributed by atoms with Crippen LogP contribution in [0, 0.1) is 39.9 Å². The quantitative estimate of drug-likeness (QED) is 0.628. The Balaban J connectivity index is 1.50. The van der Waals surface area contributed by atoms with Gasteiger partial charge in [0.05, 0.1) is 0 Å². The van der Waals surface area contributed by atoms with Gasteiger partial charge in [-0.2, -0.15) is 0 Å². The summed E-state index contributed by atoms with van der Waals surface area (Å²) in [6.07, 6.45) is 9.23. The largest absolute Gasteiger partial charge is 0.462 e. The minimum absolute atomic E-state index is 0.0356. The maximum atomic E-state index is 13.6. The number of fused-ring (bicyclic) bond motifs is 7. The van der Waals surface area contributed by atoms with E-state index in [1.807, 2.05) is 6.92 Å². The van der Waals surface area contributed by atoms with E-state index in [9.17, 15) is 19.5 Å². The first-order valence-electron chi connectivity index (χ1n) is 12.9. The zero-order chi connectivity index (χ0) is 23.1. The molecule has 5 fully saturated rings. The van der Waals surface area contributed by atoms with Gasteiger partial charge in [0.2, 0.25) is 0 Å². The molecule has 0 spiro atoms. The third kappa shape index (κ3) is 2.63. The van der Waals surface area contributed by atoms with Crippen molar-refractivity contribution in [3.8, 4) is 0 Å². The number of ketones is 2. The van der Waals surface area contributed by atoms with Crippen LogP contribution in [-0.2, 0) is 19.1 Å². The molecular weight excluding hydrogens is 404 g/mol. The molecule has 0 heterocycles. The topological polar surface area (TPSA) is 80.7 Å². The zero-order valence-electron chi connectivity index (χ0n) is 20.2. The summed E-state index contributed by atoms with van der Waals surface area (Å²) in [4.78, 5) is 38.3. The first kappa shape index (κ1) is 22.6. The van der Waals surface area contributed by atoms with Crippen LogP contribution in [-0.4, -0.2) is 34.3 Å². The van der Waals surface area contributed by atoms with E-state index in [4.69, 9.17) is 4.74 Å². The third-order valence-electron chi connectivity index (χ3n) is 11.6. The van der Waals surface area contributed by atoms with E-state index >= 15 is 0 Å². The van der Waals surface area contributed by atoms with Gasteiger partial charge >= 0.3 is 5.97 Å². The van der Waals surface area contributed by atoms with E-state index < -0.39 is 11.0 Å². The second-order valence-electron chi connectivity index (χ2n) is 12.4. The second-order valence-corrected chi connectivity index (χ2v) is 12.4. The molecule has 0 aromatic heterocycles. The fourth-order valence-corrected chi connectivity index (χ4v) is 10.1. The highest BCUT2D eigenvalue weighted by Crippen LogP contribution is 2.74. The minimum atomic E-state index is -1.41. The Morgan fingerprint density at radius 1 is 0.969 bits per heavy atom. The van der Waals surface area contributed by atoms with Gasteiger partial charge in [-0.05, 0) is 81.0 Å². The molecular formula is C27H40O5. The van der Waals surface area contributed by atoms with Crippen LogP contribution in [0.5, 0.6) is 0 Å². The normalized spacial score (nSPS) is 52.3. The van der Waals surface area contributed by atoms with Gasteiger partial charge in [-0.15, -0.1) is 0 Å². The number of rotatable bonds is 2. The lowest BCUT2D eigenvalue weighted by Crippen LogP contribution is -2.67. The van der Waals surface area contributed by atoms with Crippen LogP contribution in [0.2, 0.25) is 0 Å². The number of aliphatic hydroxyl groups is 1. The van der Waals surface area contributed by atoms with Gasteiger partial charge < -0.3 is 9.84 Å². The molecule has 0 unspecified atom stereocenters. The molecule has 5 rings (SSSR count). The number of hydrogen-bond donors (Lipinski definition) is 1. The highest BCUT2D eigenvalue weighted by atomic mass is 16.5. The molecule has 0 aromatic rings. The van der Waals surface area contributed by atoms with Gasteiger partial charge in [-0.1, -0.05) is 26.7 Å². The highest BCUT2D eigenvalue weighted by Gasteiger charge is 2.72. The third-order valence-corrected chi connectivity index (χ3v) is 11.6. The van der Waals surface area contributed by atoms with E-state index in [1.165, 1.54) is 13.3 Å².